The maximum Gasteiger partial charge on any atom is 0.336 e. The van der Waals surface area contributed by atoms with Gasteiger partial charge < -0.3 is 14.1 Å². The van der Waals surface area contributed by atoms with Crippen LogP contribution in [0.2, 0.25) is 0 Å². The van der Waals surface area contributed by atoms with Gasteiger partial charge in [0, 0.05) is 35.5 Å². The lowest BCUT2D eigenvalue weighted by Crippen LogP contribution is -2.45. The molecule has 1 saturated heterocycles. The Hall–Kier alpha value is -2.63. The fraction of sp³-hybridized carbons (Fsp3) is 0.522. The third-order valence-electron chi connectivity index (χ3n) is 5.43. The van der Waals surface area contributed by atoms with Gasteiger partial charge in [-0.3, -0.25) is 9.59 Å². The van der Waals surface area contributed by atoms with Crippen molar-refractivity contribution in [3.05, 3.63) is 45.8 Å². The first kappa shape index (κ1) is 21.1. The second-order valence-electron chi connectivity index (χ2n) is 8.70. The van der Waals surface area contributed by atoms with Crippen molar-refractivity contribution in [2.75, 3.05) is 13.1 Å². The van der Waals surface area contributed by atoms with Crippen LogP contribution in [0.4, 0.5) is 0 Å². The molecular formula is C23H29NO5. The molecule has 1 amide bonds. The third kappa shape index (κ3) is 4.86. The molecule has 0 N–H and O–H groups in total. The van der Waals surface area contributed by atoms with Gasteiger partial charge in [-0.25, -0.2) is 4.79 Å². The van der Waals surface area contributed by atoms with E-state index in [2.05, 4.69) is 0 Å². The smallest absolute Gasteiger partial charge is 0.336 e. The number of piperidine rings is 1. The fourth-order valence-electron chi connectivity index (χ4n) is 3.67. The number of hydrogen-bond donors (Lipinski definition) is 0. The van der Waals surface area contributed by atoms with Crippen molar-refractivity contribution in [1.82, 2.24) is 4.90 Å². The van der Waals surface area contributed by atoms with Gasteiger partial charge in [0.05, 0.1) is 5.92 Å². The zero-order valence-electron chi connectivity index (χ0n) is 17.6. The van der Waals surface area contributed by atoms with Gasteiger partial charge in [0.1, 0.15) is 12.2 Å². The second-order valence-corrected chi connectivity index (χ2v) is 8.70. The highest BCUT2D eigenvalue weighted by Crippen LogP contribution is 2.25. The topological polar surface area (TPSA) is 76.8 Å². The summed E-state index contributed by atoms with van der Waals surface area (Å²) >= 11 is 0. The highest BCUT2D eigenvalue weighted by molar-refractivity contribution is 5.82. The number of aryl methyl sites for hydroxylation is 1. The normalized spacial score (nSPS) is 15.5. The van der Waals surface area contributed by atoms with Crippen LogP contribution in [-0.4, -0.2) is 29.9 Å². The Labute approximate surface area is 170 Å². The summed E-state index contributed by atoms with van der Waals surface area (Å²) in [6.07, 6.45) is 2.03. The minimum atomic E-state index is -0.453. The number of carbonyl (C=O) groups excluding carboxylic acids is 2. The highest BCUT2D eigenvalue weighted by atomic mass is 16.5. The molecule has 1 aromatic heterocycles. The van der Waals surface area contributed by atoms with Crippen molar-refractivity contribution in [2.24, 2.45) is 11.3 Å². The van der Waals surface area contributed by atoms with Crippen LogP contribution in [0.3, 0.4) is 0 Å². The van der Waals surface area contributed by atoms with Crippen molar-refractivity contribution < 1.29 is 18.7 Å². The fourth-order valence-corrected chi connectivity index (χ4v) is 3.67. The quantitative estimate of drug-likeness (QED) is 0.579. The molecule has 0 radical (unpaired) electrons. The number of carbonyl (C=O) groups is 2. The molecule has 3 rings (SSSR count). The van der Waals surface area contributed by atoms with Crippen LogP contribution in [0, 0.1) is 11.3 Å². The van der Waals surface area contributed by atoms with Crippen molar-refractivity contribution in [3.63, 3.8) is 0 Å². The first-order chi connectivity index (χ1) is 13.7. The van der Waals surface area contributed by atoms with Crippen LogP contribution in [0.5, 0.6) is 0 Å². The minimum absolute atomic E-state index is 0.0353. The summed E-state index contributed by atoms with van der Waals surface area (Å²) in [5, 5.41) is 0.778. The summed E-state index contributed by atoms with van der Waals surface area (Å²) in [6.45, 7) is 8.90. The predicted octanol–water partition coefficient (Wildman–Crippen LogP) is 3.68. The number of amides is 1. The Morgan fingerprint density at radius 2 is 1.86 bits per heavy atom. The molecule has 29 heavy (non-hydrogen) atoms. The van der Waals surface area contributed by atoms with Crippen LogP contribution in [0.15, 0.2) is 33.5 Å². The van der Waals surface area contributed by atoms with Gasteiger partial charge in [-0.05, 0) is 30.9 Å². The Kier molecular flexibility index (Phi) is 6.10. The molecule has 156 valence electrons. The van der Waals surface area contributed by atoms with E-state index in [-0.39, 0.29) is 24.4 Å². The molecule has 1 aliphatic rings. The molecule has 0 unspecified atom stereocenters. The SMILES string of the molecule is CCc1ccc2c(COC(=O)C3CCN(C(=O)C(C)(C)C)CC3)cc(=O)oc2c1. The van der Waals surface area contributed by atoms with Gasteiger partial charge in [0.2, 0.25) is 5.91 Å². The van der Waals surface area contributed by atoms with Crippen LogP contribution in [0.1, 0.15) is 51.7 Å². The molecule has 6 heteroatoms. The van der Waals surface area contributed by atoms with Gasteiger partial charge in [-0.15, -0.1) is 0 Å². The maximum atomic E-state index is 12.5. The first-order valence-corrected chi connectivity index (χ1v) is 10.2. The Bertz CT molecular complexity index is 961. The molecule has 0 aliphatic carbocycles. The number of fused-ring (bicyclic) bond motifs is 1. The van der Waals surface area contributed by atoms with Crippen LogP contribution >= 0.6 is 0 Å². The van der Waals surface area contributed by atoms with Gasteiger partial charge >= 0.3 is 11.6 Å². The number of nitrogens with zero attached hydrogens (tertiary/aromatic N) is 1. The number of likely N-dealkylation sites (tertiary alicyclic amines) is 1. The van der Waals surface area contributed by atoms with Crippen LogP contribution in [0.25, 0.3) is 11.0 Å². The average Bonchev–Trinajstić information content (AvgIpc) is 2.69. The third-order valence-corrected chi connectivity index (χ3v) is 5.43. The summed E-state index contributed by atoms with van der Waals surface area (Å²) in [6, 6.07) is 7.11. The van der Waals surface area contributed by atoms with E-state index < -0.39 is 11.0 Å². The molecule has 1 fully saturated rings. The van der Waals surface area contributed by atoms with E-state index in [4.69, 9.17) is 9.15 Å². The molecule has 0 saturated carbocycles. The number of benzene rings is 1. The van der Waals surface area contributed by atoms with E-state index in [1.54, 1.807) is 0 Å². The van der Waals surface area contributed by atoms with E-state index in [0.29, 0.717) is 37.1 Å². The van der Waals surface area contributed by atoms with E-state index >= 15 is 0 Å². The average molecular weight is 399 g/mol. The first-order valence-electron chi connectivity index (χ1n) is 10.2. The Morgan fingerprint density at radius 3 is 2.48 bits per heavy atom. The summed E-state index contributed by atoms with van der Waals surface area (Å²) in [5.41, 5.74) is 1.36. The van der Waals surface area contributed by atoms with Crippen molar-refractivity contribution in [1.29, 1.82) is 0 Å². The van der Waals surface area contributed by atoms with Gasteiger partial charge in [0.15, 0.2) is 0 Å². The molecular weight excluding hydrogens is 370 g/mol. The standard InChI is InChI=1S/C23H29NO5/c1-5-15-6-7-18-17(13-20(25)29-19(18)12-15)14-28-21(26)16-8-10-24(11-9-16)22(27)23(2,3)4/h6-7,12-13,16H,5,8-11,14H2,1-4H3. The zero-order valence-corrected chi connectivity index (χ0v) is 17.6. The van der Waals surface area contributed by atoms with E-state index in [1.165, 1.54) is 6.07 Å². The number of ether oxygens (including phenoxy) is 1. The molecule has 1 aromatic carbocycles. The lowest BCUT2D eigenvalue weighted by molar-refractivity contribution is -0.154. The molecule has 0 bridgehead atoms. The Morgan fingerprint density at radius 1 is 1.17 bits per heavy atom. The lowest BCUT2D eigenvalue weighted by Gasteiger charge is -2.34. The van der Waals surface area contributed by atoms with Crippen LogP contribution < -0.4 is 5.63 Å². The Balaban J connectivity index is 1.63. The number of rotatable bonds is 4. The number of hydrogen-bond acceptors (Lipinski definition) is 5. The predicted molar refractivity (Wildman–Crippen MR) is 110 cm³/mol. The van der Waals surface area contributed by atoms with Crippen molar-refractivity contribution >= 4 is 22.8 Å². The highest BCUT2D eigenvalue weighted by Gasteiger charge is 2.33. The summed E-state index contributed by atoms with van der Waals surface area (Å²) in [4.78, 5) is 38.6. The van der Waals surface area contributed by atoms with E-state index in [9.17, 15) is 14.4 Å². The van der Waals surface area contributed by atoms with E-state index in [0.717, 1.165) is 17.4 Å². The molecule has 1 aliphatic heterocycles. The summed E-state index contributed by atoms with van der Waals surface area (Å²) in [5.74, 6) is -0.394. The van der Waals surface area contributed by atoms with Crippen molar-refractivity contribution in [2.45, 2.75) is 53.6 Å². The maximum absolute atomic E-state index is 12.5. The zero-order chi connectivity index (χ0) is 21.2. The van der Waals surface area contributed by atoms with Crippen LogP contribution in [-0.2, 0) is 27.4 Å². The van der Waals surface area contributed by atoms with Crippen molar-refractivity contribution in [3.8, 4) is 0 Å². The largest absolute Gasteiger partial charge is 0.461 e. The molecule has 0 atom stereocenters. The summed E-state index contributed by atoms with van der Waals surface area (Å²) < 4.78 is 10.8. The molecule has 2 aromatic rings. The van der Waals surface area contributed by atoms with Gasteiger partial charge in [0.25, 0.3) is 0 Å². The molecule has 2 heterocycles. The van der Waals surface area contributed by atoms with E-state index in [1.807, 2.05) is 50.8 Å². The minimum Gasteiger partial charge on any atom is -0.461 e. The number of esters is 1. The summed E-state index contributed by atoms with van der Waals surface area (Å²) in [7, 11) is 0. The molecule has 0 spiro atoms. The second kappa shape index (κ2) is 8.39. The monoisotopic (exact) mass is 399 g/mol. The van der Waals surface area contributed by atoms with Gasteiger partial charge in [-0.2, -0.15) is 0 Å². The lowest BCUT2D eigenvalue weighted by atomic mass is 9.91. The molecule has 6 nitrogen and oxygen atoms in total. The van der Waals surface area contributed by atoms with Gasteiger partial charge in [-0.1, -0.05) is 39.8 Å².